The lowest BCUT2D eigenvalue weighted by Gasteiger charge is -2.26. The van der Waals surface area contributed by atoms with Gasteiger partial charge in [-0.05, 0) is 49.7 Å². The molecule has 1 aromatic heterocycles. The summed E-state index contributed by atoms with van der Waals surface area (Å²) in [6.07, 6.45) is 5.25. The molecule has 148 valence electrons. The number of carbonyl (C=O) groups excluding carboxylic acids is 1. The Morgan fingerprint density at radius 2 is 1.82 bits per heavy atom. The monoisotopic (exact) mass is 381 g/mol. The number of ether oxygens (including phenoxy) is 1. The van der Waals surface area contributed by atoms with E-state index in [0.29, 0.717) is 24.8 Å². The van der Waals surface area contributed by atoms with E-state index in [1.165, 1.54) is 17.4 Å². The molecule has 2 aromatic rings. The second kappa shape index (κ2) is 8.31. The van der Waals surface area contributed by atoms with Crippen molar-refractivity contribution >= 4 is 5.78 Å². The van der Waals surface area contributed by atoms with Crippen LogP contribution in [0.15, 0.2) is 45.8 Å². The highest BCUT2D eigenvalue weighted by atomic mass is 16.5. The van der Waals surface area contributed by atoms with Gasteiger partial charge >= 0.3 is 0 Å². The normalized spacial score (nSPS) is 22.0. The lowest BCUT2D eigenvalue weighted by Crippen LogP contribution is -2.24. The van der Waals surface area contributed by atoms with Crippen molar-refractivity contribution in [2.24, 2.45) is 11.8 Å². The Hall–Kier alpha value is -2.40. The van der Waals surface area contributed by atoms with Crippen LogP contribution in [-0.4, -0.2) is 17.3 Å². The first-order chi connectivity index (χ1) is 13.6. The summed E-state index contributed by atoms with van der Waals surface area (Å²) in [4.78, 5) is 26.1. The average molecular weight is 381 g/mol. The Bertz CT molecular complexity index is 870. The highest BCUT2D eigenvalue weighted by Crippen LogP contribution is 2.29. The third-order valence-electron chi connectivity index (χ3n) is 6.03. The predicted octanol–water partition coefficient (Wildman–Crippen LogP) is 3.93. The minimum Gasteiger partial charge on any atom is -0.486 e. The molecule has 0 unspecified atom stereocenters. The van der Waals surface area contributed by atoms with Crippen molar-refractivity contribution in [1.82, 2.24) is 4.90 Å². The van der Waals surface area contributed by atoms with Gasteiger partial charge < -0.3 is 9.15 Å². The Kier molecular flexibility index (Phi) is 5.62. The molecule has 0 radical (unpaired) electrons. The van der Waals surface area contributed by atoms with Gasteiger partial charge in [-0.3, -0.25) is 14.5 Å². The quantitative estimate of drug-likeness (QED) is 0.759. The SMILES string of the molecule is CC(=O)C1CCC(COc2coc(CN3Cc4ccccc4C3)cc2=O)CC1. The van der Waals surface area contributed by atoms with Crippen molar-refractivity contribution in [2.45, 2.75) is 52.2 Å². The van der Waals surface area contributed by atoms with Crippen LogP contribution >= 0.6 is 0 Å². The van der Waals surface area contributed by atoms with Crippen LogP contribution in [0.25, 0.3) is 0 Å². The maximum Gasteiger partial charge on any atom is 0.227 e. The number of hydrogen-bond donors (Lipinski definition) is 0. The van der Waals surface area contributed by atoms with Crippen molar-refractivity contribution in [1.29, 1.82) is 0 Å². The molecule has 5 nitrogen and oxygen atoms in total. The van der Waals surface area contributed by atoms with Crippen LogP contribution in [0.4, 0.5) is 0 Å². The van der Waals surface area contributed by atoms with E-state index in [4.69, 9.17) is 9.15 Å². The van der Waals surface area contributed by atoms with Crippen molar-refractivity contribution in [2.75, 3.05) is 6.61 Å². The summed E-state index contributed by atoms with van der Waals surface area (Å²) in [5.74, 6) is 1.83. The van der Waals surface area contributed by atoms with E-state index in [2.05, 4.69) is 29.2 Å². The van der Waals surface area contributed by atoms with E-state index < -0.39 is 0 Å². The Morgan fingerprint density at radius 1 is 1.14 bits per heavy atom. The lowest BCUT2D eigenvalue weighted by atomic mass is 9.81. The van der Waals surface area contributed by atoms with Gasteiger partial charge in [0.15, 0.2) is 0 Å². The molecule has 4 rings (SSSR count). The standard InChI is InChI=1S/C23H27NO4/c1-16(25)18-8-6-17(7-9-18)14-28-23-15-27-21(10-22(23)26)13-24-11-19-4-2-3-5-20(19)12-24/h2-5,10,15,17-18H,6-9,11-14H2,1H3. The van der Waals surface area contributed by atoms with E-state index >= 15 is 0 Å². The molecule has 1 aliphatic carbocycles. The van der Waals surface area contributed by atoms with E-state index in [-0.39, 0.29) is 22.9 Å². The van der Waals surface area contributed by atoms with Crippen LogP contribution in [0.2, 0.25) is 0 Å². The third kappa shape index (κ3) is 4.36. The van der Waals surface area contributed by atoms with E-state index in [0.717, 1.165) is 38.8 Å². The first kappa shape index (κ1) is 18.9. The largest absolute Gasteiger partial charge is 0.486 e. The fourth-order valence-corrected chi connectivity index (χ4v) is 4.31. The summed E-state index contributed by atoms with van der Waals surface area (Å²) < 4.78 is 11.4. The van der Waals surface area contributed by atoms with Crippen LogP contribution < -0.4 is 10.2 Å². The molecular formula is C23H27NO4. The topological polar surface area (TPSA) is 59.8 Å². The summed E-state index contributed by atoms with van der Waals surface area (Å²) in [5.41, 5.74) is 2.55. The zero-order chi connectivity index (χ0) is 19.5. The van der Waals surface area contributed by atoms with Gasteiger partial charge in [-0.2, -0.15) is 0 Å². The molecule has 2 heterocycles. The molecule has 1 aromatic carbocycles. The number of fused-ring (bicyclic) bond motifs is 1. The molecule has 1 saturated carbocycles. The minimum atomic E-state index is -0.129. The number of rotatable bonds is 6. The van der Waals surface area contributed by atoms with Gasteiger partial charge in [-0.25, -0.2) is 0 Å². The molecule has 28 heavy (non-hydrogen) atoms. The first-order valence-electron chi connectivity index (χ1n) is 10.1. The minimum absolute atomic E-state index is 0.129. The highest BCUT2D eigenvalue weighted by Gasteiger charge is 2.25. The van der Waals surface area contributed by atoms with Crippen LogP contribution in [-0.2, 0) is 24.4 Å². The third-order valence-corrected chi connectivity index (χ3v) is 6.03. The smallest absolute Gasteiger partial charge is 0.227 e. The van der Waals surface area contributed by atoms with Gasteiger partial charge in [-0.1, -0.05) is 24.3 Å². The van der Waals surface area contributed by atoms with Crippen molar-refractivity contribution in [3.8, 4) is 5.75 Å². The number of Topliss-reactive ketones (excluding diaryl/α,β-unsaturated/α-hetero) is 1. The number of benzene rings is 1. The number of nitrogens with zero attached hydrogens (tertiary/aromatic N) is 1. The van der Waals surface area contributed by atoms with Crippen molar-refractivity contribution < 1.29 is 13.9 Å². The molecule has 0 amide bonds. The van der Waals surface area contributed by atoms with Crippen LogP contribution in [0.3, 0.4) is 0 Å². The fraction of sp³-hybridized carbons (Fsp3) is 0.478. The van der Waals surface area contributed by atoms with Crippen molar-refractivity contribution in [3.63, 3.8) is 0 Å². The second-order valence-electron chi connectivity index (χ2n) is 8.13. The Morgan fingerprint density at radius 3 is 2.43 bits per heavy atom. The van der Waals surface area contributed by atoms with E-state index in [1.807, 2.05) is 0 Å². The van der Waals surface area contributed by atoms with Gasteiger partial charge in [0.1, 0.15) is 17.8 Å². The molecule has 0 bridgehead atoms. The van der Waals surface area contributed by atoms with Gasteiger partial charge in [0.25, 0.3) is 0 Å². The summed E-state index contributed by atoms with van der Waals surface area (Å²) in [6.45, 7) is 4.55. The zero-order valence-corrected chi connectivity index (χ0v) is 16.4. The Labute approximate surface area is 165 Å². The molecule has 0 saturated heterocycles. The maximum absolute atomic E-state index is 12.4. The number of carbonyl (C=O) groups is 1. The van der Waals surface area contributed by atoms with Crippen LogP contribution in [0, 0.1) is 11.8 Å². The van der Waals surface area contributed by atoms with Crippen LogP contribution in [0.5, 0.6) is 5.75 Å². The summed E-state index contributed by atoms with van der Waals surface area (Å²) in [6, 6.07) is 9.95. The molecular weight excluding hydrogens is 354 g/mol. The maximum atomic E-state index is 12.4. The molecule has 2 aliphatic rings. The molecule has 0 atom stereocenters. The van der Waals surface area contributed by atoms with E-state index in [9.17, 15) is 9.59 Å². The zero-order valence-electron chi connectivity index (χ0n) is 16.4. The molecule has 5 heteroatoms. The van der Waals surface area contributed by atoms with E-state index in [1.54, 1.807) is 13.0 Å². The Balaban J connectivity index is 1.29. The summed E-state index contributed by atoms with van der Waals surface area (Å²) in [7, 11) is 0. The molecule has 1 fully saturated rings. The summed E-state index contributed by atoms with van der Waals surface area (Å²) >= 11 is 0. The number of hydrogen-bond acceptors (Lipinski definition) is 5. The van der Waals surface area contributed by atoms with Gasteiger partial charge in [-0.15, -0.1) is 0 Å². The predicted molar refractivity (Wildman–Crippen MR) is 106 cm³/mol. The van der Waals surface area contributed by atoms with Gasteiger partial charge in [0, 0.05) is 25.1 Å². The summed E-state index contributed by atoms with van der Waals surface area (Å²) in [5, 5.41) is 0. The first-order valence-corrected chi connectivity index (χ1v) is 10.1. The van der Waals surface area contributed by atoms with Crippen molar-refractivity contribution in [3.05, 3.63) is 63.7 Å². The van der Waals surface area contributed by atoms with Crippen LogP contribution in [0.1, 0.15) is 49.5 Å². The molecule has 0 N–H and O–H groups in total. The van der Waals surface area contributed by atoms with Gasteiger partial charge in [0.05, 0.1) is 13.2 Å². The number of ketones is 1. The average Bonchev–Trinajstić information content (AvgIpc) is 3.10. The highest BCUT2D eigenvalue weighted by molar-refractivity contribution is 5.78. The molecule has 0 spiro atoms. The lowest BCUT2D eigenvalue weighted by molar-refractivity contribution is -0.121. The fourth-order valence-electron chi connectivity index (χ4n) is 4.31. The van der Waals surface area contributed by atoms with Gasteiger partial charge in [0.2, 0.25) is 11.2 Å². The second-order valence-corrected chi connectivity index (χ2v) is 8.13. The molecule has 1 aliphatic heterocycles.